The number of hydrogen-bond donors (Lipinski definition) is 1. The topological polar surface area (TPSA) is 124 Å². The summed E-state index contributed by atoms with van der Waals surface area (Å²) in [7, 11) is 1.30. The number of hydrogen-bond acceptors (Lipinski definition) is 7. The van der Waals surface area contributed by atoms with Crippen molar-refractivity contribution in [1.82, 2.24) is 14.8 Å². The van der Waals surface area contributed by atoms with Crippen LogP contribution in [0.15, 0.2) is 30.5 Å². The van der Waals surface area contributed by atoms with E-state index in [1.165, 1.54) is 18.6 Å². The molecule has 0 aliphatic carbocycles. The van der Waals surface area contributed by atoms with Gasteiger partial charge in [-0.25, -0.2) is 4.79 Å². The third kappa shape index (κ3) is 9.74. The lowest BCUT2D eigenvalue weighted by atomic mass is 9.82. The normalized spacial score (nSPS) is 18.9. The highest BCUT2D eigenvalue weighted by Gasteiger charge is 2.36. The number of fused-ring (bicyclic) bond motifs is 1. The number of nitrogens with one attached hydrogen (secondary N) is 1. The summed E-state index contributed by atoms with van der Waals surface area (Å²) in [6.07, 6.45) is 3.93. The predicted molar refractivity (Wildman–Crippen MR) is 177 cm³/mol. The van der Waals surface area contributed by atoms with Gasteiger partial charge in [-0.15, -0.1) is 0 Å². The van der Waals surface area contributed by atoms with Gasteiger partial charge in [-0.05, 0) is 50.7 Å². The summed E-state index contributed by atoms with van der Waals surface area (Å²) < 4.78 is 12.0. The molecule has 1 fully saturated rings. The molecule has 10 heteroatoms. The molecule has 3 rings (SSSR count). The Balaban J connectivity index is 1.97. The van der Waals surface area contributed by atoms with Crippen molar-refractivity contribution < 1.29 is 33.4 Å². The Labute approximate surface area is 273 Å². The van der Waals surface area contributed by atoms with E-state index in [1.54, 1.807) is 12.3 Å². The summed E-state index contributed by atoms with van der Waals surface area (Å²) in [5.74, 6) is -1.92. The van der Waals surface area contributed by atoms with Gasteiger partial charge in [-0.1, -0.05) is 58.7 Å². The SMILES string of the molecule is CCCC[C@@H](CC(=O)[C@@H](Cc1cn(C(=O)OC)c2ccccc12)NC(=O)[C@@H](CC(=O)N1[C@H](C)COC[C@@H]1C)CC(C)(C)C)C(C)=O. The Morgan fingerprint density at radius 3 is 2.26 bits per heavy atom. The molecule has 0 saturated carbocycles. The first-order chi connectivity index (χ1) is 21.7. The number of methoxy groups -OCH3 is 1. The van der Waals surface area contributed by atoms with Crippen molar-refractivity contribution in [2.75, 3.05) is 20.3 Å². The van der Waals surface area contributed by atoms with E-state index in [9.17, 15) is 24.0 Å². The molecule has 2 heterocycles. The van der Waals surface area contributed by atoms with Crippen LogP contribution in [0.1, 0.15) is 92.6 Å². The van der Waals surface area contributed by atoms with Crippen LogP contribution >= 0.6 is 0 Å². The van der Waals surface area contributed by atoms with Crippen LogP contribution < -0.4 is 5.32 Å². The number of para-hydroxylation sites is 1. The Bertz CT molecular complexity index is 1380. The lowest BCUT2D eigenvalue weighted by molar-refractivity contribution is -0.147. The molecule has 46 heavy (non-hydrogen) atoms. The minimum absolute atomic E-state index is 0.00159. The smallest absolute Gasteiger partial charge is 0.418 e. The molecule has 1 saturated heterocycles. The quantitative estimate of drug-likeness (QED) is 0.281. The maximum Gasteiger partial charge on any atom is 0.418 e. The van der Waals surface area contributed by atoms with E-state index >= 15 is 0 Å². The van der Waals surface area contributed by atoms with E-state index in [4.69, 9.17) is 9.47 Å². The van der Waals surface area contributed by atoms with Crippen LogP contribution in [0.2, 0.25) is 0 Å². The number of ketones is 2. The van der Waals surface area contributed by atoms with Crippen LogP contribution in [0, 0.1) is 17.3 Å². The molecule has 0 bridgehead atoms. The number of benzene rings is 1. The zero-order chi connectivity index (χ0) is 34.2. The van der Waals surface area contributed by atoms with Crippen molar-refractivity contribution in [2.45, 2.75) is 112 Å². The third-order valence-corrected chi connectivity index (χ3v) is 8.83. The molecule has 0 radical (unpaired) electrons. The van der Waals surface area contributed by atoms with E-state index in [0.29, 0.717) is 37.1 Å². The lowest BCUT2D eigenvalue weighted by Gasteiger charge is -2.39. The third-order valence-electron chi connectivity index (χ3n) is 8.83. The second-order valence-electron chi connectivity index (χ2n) is 14.1. The van der Waals surface area contributed by atoms with E-state index in [2.05, 4.69) is 5.32 Å². The predicted octanol–water partition coefficient (Wildman–Crippen LogP) is 5.72. The maximum atomic E-state index is 14.1. The van der Waals surface area contributed by atoms with Gasteiger partial charge in [0.05, 0.1) is 44.0 Å². The van der Waals surface area contributed by atoms with E-state index in [-0.39, 0.29) is 60.1 Å². The van der Waals surface area contributed by atoms with Gasteiger partial charge < -0.3 is 19.7 Å². The highest BCUT2D eigenvalue weighted by Crippen LogP contribution is 2.29. The van der Waals surface area contributed by atoms with E-state index in [0.717, 1.165) is 18.2 Å². The number of ether oxygens (including phenoxy) is 2. The highest BCUT2D eigenvalue weighted by molar-refractivity contribution is 5.96. The number of amides is 2. The lowest BCUT2D eigenvalue weighted by Crippen LogP contribution is -2.53. The Morgan fingerprint density at radius 2 is 1.67 bits per heavy atom. The standard InChI is InChI=1S/C36H53N3O7/c1-9-10-13-26(25(4)40)17-32(41)30(16-28-20-38(35(44)45-8)31-15-12-11-14-29(28)31)37-34(43)27(19-36(5,6)7)18-33(42)39-23(2)21-46-22-24(39)3/h11-12,14-15,20,23-24,26-27,30H,9-10,13,16-19,21-22H2,1-8H3,(H,37,43)/t23-,24+,26-,27-,30+/m0/s1. The first kappa shape index (κ1) is 36.9. The van der Waals surface area contributed by atoms with E-state index < -0.39 is 24.0 Å². The summed E-state index contributed by atoms with van der Waals surface area (Å²) in [4.78, 5) is 68.7. The second-order valence-corrected chi connectivity index (χ2v) is 14.1. The molecule has 1 N–H and O–H groups in total. The second kappa shape index (κ2) is 16.3. The van der Waals surface area contributed by atoms with Gasteiger partial charge in [0.25, 0.3) is 0 Å². The Hall–Kier alpha value is -3.53. The van der Waals surface area contributed by atoms with Crippen LogP contribution in [-0.2, 0) is 35.1 Å². The zero-order valence-corrected chi connectivity index (χ0v) is 28.9. The van der Waals surface area contributed by atoms with Crippen LogP contribution in [-0.4, -0.2) is 77.4 Å². The number of unbranched alkanes of at least 4 members (excludes halogenated alkanes) is 1. The van der Waals surface area contributed by atoms with Crippen LogP contribution in [0.3, 0.4) is 0 Å². The van der Waals surface area contributed by atoms with Crippen molar-refractivity contribution in [3.05, 3.63) is 36.0 Å². The number of Topliss-reactive ketones (excluding diaryl/α,β-unsaturated/α-hetero) is 2. The summed E-state index contributed by atoms with van der Waals surface area (Å²) in [6, 6.07) is 6.12. The molecule has 5 atom stereocenters. The van der Waals surface area contributed by atoms with Gasteiger partial charge in [0.2, 0.25) is 11.8 Å². The minimum atomic E-state index is -0.966. The molecule has 1 aromatic carbocycles. The summed E-state index contributed by atoms with van der Waals surface area (Å²) in [5.41, 5.74) is 1.04. The number of carbonyl (C=O) groups is 5. The van der Waals surface area contributed by atoms with Crippen molar-refractivity contribution in [3.8, 4) is 0 Å². The fourth-order valence-electron chi connectivity index (χ4n) is 6.51. The maximum absolute atomic E-state index is 14.1. The number of nitrogens with zero attached hydrogens (tertiary/aromatic N) is 2. The highest BCUT2D eigenvalue weighted by atomic mass is 16.5. The largest absolute Gasteiger partial charge is 0.452 e. The van der Waals surface area contributed by atoms with Crippen molar-refractivity contribution in [1.29, 1.82) is 0 Å². The summed E-state index contributed by atoms with van der Waals surface area (Å²) >= 11 is 0. The number of rotatable bonds is 14. The van der Waals surface area contributed by atoms with Gasteiger partial charge in [0, 0.05) is 42.7 Å². The van der Waals surface area contributed by atoms with Gasteiger partial charge in [-0.3, -0.25) is 23.7 Å². The molecule has 1 aliphatic heterocycles. The number of aromatic nitrogens is 1. The molecule has 2 amide bonds. The number of morpholine rings is 1. The van der Waals surface area contributed by atoms with Crippen LogP contribution in [0.25, 0.3) is 10.9 Å². The first-order valence-corrected chi connectivity index (χ1v) is 16.6. The average molecular weight is 640 g/mol. The molecule has 0 unspecified atom stereocenters. The van der Waals surface area contributed by atoms with Crippen molar-refractivity contribution in [3.63, 3.8) is 0 Å². The van der Waals surface area contributed by atoms with Gasteiger partial charge in [0.15, 0.2) is 5.78 Å². The van der Waals surface area contributed by atoms with Gasteiger partial charge in [0.1, 0.15) is 5.78 Å². The Morgan fingerprint density at radius 1 is 1.02 bits per heavy atom. The first-order valence-electron chi connectivity index (χ1n) is 16.6. The molecular formula is C36H53N3O7. The molecule has 1 aromatic heterocycles. The van der Waals surface area contributed by atoms with Gasteiger partial charge in [-0.2, -0.15) is 0 Å². The fraction of sp³-hybridized carbons (Fsp3) is 0.639. The zero-order valence-electron chi connectivity index (χ0n) is 28.9. The Kier molecular flexibility index (Phi) is 13.1. The van der Waals surface area contributed by atoms with Gasteiger partial charge >= 0.3 is 6.09 Å². The average Bonchev–Trinajstić information content (AvgIpc) is 3.35. The molecule has 0 spiro atoms. The van der Waals surface area contributed by atoms with Crippen molar-refractivity contribution >= 4 is 40.4 Å². The molecular weight excluding hydrogens is 586 g/mol. The van der Waals surface area contributed by atoms with Crippen molar-refractivity contribution in [2.24, 2.45) is 17.3 Å². The van der Waals surface area contributed by atoms with Crippen LogP contribution in [0.4, 0.5) is 4.79 Å². The monoisotopic (exact) mass is 639 g/mol. The fourth-order valence-corrected chi connectivity index (χ4v) is 6.51. The molecule has 1 aliphatic rings. The number of carbonyl (C=O) groups excluding carboxylic acids is 5. The molecule has 254 valence electrons. The molecule has 2 aromatic rings. The van der Waals surface area contributed by atoms with E-state index in [1.807, 2.05) is 64.6 Å². The van der Waals surface area contributed by atoms with Crippen LogP contribution in [0.5, 0.6) is 0 Å². The molecule has 10 nitrogen and oxygen atoms in total. The minimum Gasteiger partial charge on any atom is -0.452 e. The summed E-state index contributed by atoms with van der Waals surface area (Å²) in [5, 5.41) is 3.77. The summed E-state index contributed by atoms with van der Waals surface area (Å²) in [6.45, 7) is 14.4.